The number of aromatic nitrogens is 3. The molecule has 11 heteroatoms. The van der Waals surface area contributed by atoms with Crippen molar-refractivity contribution in [1.82, 2.24) is 19.5 Å². The minimum atomic E-state index is -2.90. The van der Waals surface area contributed by atoms with Crippen molar-refractivity contribution < 1.29 is 17.6 Å². The Labute approximate surface area is 201 Å². The maximum absolute atomic E-state index is 14.1. The van der Waals surface area contributed by atoms with Crippen LogP contribution in [-0.4, -0.2) is 64.1 Å². The van der Waals surface area contributed by atoms with E-state index in [0.29, 0.717) is 31.2 Å². The summed E-state index contributed by atoms with van der Waals surface area (Å²) in [7, 11) is -2.90. The van der Waals surface area contributed by atoms with Crippen molar-refractivity contribution in [3.05, 3.63) is 34.7 Å². The van der Waals surface area contributed by atoms with Gasteiger partial charge in [0.1, 0.15) is 0 Å². The number of pyridine rings is 1. The van der Waals surface area contributed by atoms with Crippen LogP contribution in [0.25, 0.3) is 16.2 Å². The van der Waals surface area contributed by atoms with Crippen LogP contribution < -0.4 is 5.32 Å². The van der Waals surface area contributed by atoms with Gasteiger partial charge in [-0.05, 0) is 61.4 Å². The molecule has 1 aliphatic heterocycles. The summed E-state index contributed by atoms with van der Waals surface area (Å²) in [4.78, 5) is 21.0. The van der Waals surface area contributed by atoms with Gasteiger partial charge in [0.25, 0.3) is 5.91 Å². The van der Waals surface area contributed by atoms with Gasteiger partial charge < -0.3 is 0 Å². The second-order valence-electron chi connectivity index (χ2n) is 9.62. The second-order valence-corrected chi connectivity index (χ2v) is 13.1. The predicted molar refractivity (Wildman–Crippen MR) is 129 cm³/mol. The molecular formula is C23H26FN5O3S2. The molecule has 0 aromatic carbocycles. The Morgan fingerprint density at radius 1 is 1.21 bits per heavy atom. The summed E-state index contributed by atoms with van der Waals surface area (Å²) in [6.07, 6.45) is 3.98. The molecule has 3 fully saturated rings. The van der Waals surface area contributed by atoms with Gasteiger partial charge in [0.2, 0.25) is 5.95 Å². The van der Waals surface area contributed by atoms with Gasteiger partial charge in [-0.2, -0.15) is 4.98 Å². The van der Waals surface area contributed by atoms with E-state index in [4.69, 9.17) is 0 Å². The lowest BCUT2D eigenvalue weighted by Crippen LogP contribution is -2.39. The Morgan fingerprint density at radius 2 is 1.97 bits per heavy atom. The number of amides is 1. The van der Waals surface area contributed by atoms with E-state index >= 15 is 0 Å². The van der Waals surface area contributed by atoms with Crippen LogP contribution in [0, 0.1) is 0 Å². The van der Waals surface area contributed by atoms with Crippen LogP contribution in [0.2, 0.25) is 0 Å². The van der Waals surface area contributed by atoms with Gasteiger partial charge in [-0.25, -0.2) is 17.3 Å². The Bertz CT molecular complexity index is 1360. The molecule has 4 heterocycles. The lowest BCUT2D eigenvalue weighted by Gasteiger charge is -2.26. The van der Waals surface area contributed by atoms with E-state index in [1.165, 1.54) is 12.0 Å². The van der Waals surface area contributed by atoms with Gasteiger partial charge in [0.05, 0.1) is 22.1 Å². The Morgan fingerprint density at radius 3 is 2.65 bits per heavy atom. The number of carbonyl (C=O) groups is 1. The van der Waals surface area contributed by atoms with Crippen LogP contribution in [0.5, 0.6) is 0 Å². The van der Waals surface area contributed by atoms with E-state index in [0.717, 1.165) is 28.3 Å². The number of fused-ring (bicyclic) bond motifs is 1. The number of thiophene rings is 1. The van der Waals surface area contributed by atoms with Crippen molar-refractivity contribution in [2.24, 2.45) is 0 Å². The van der Waals surface area contributed by atoms with E-state index < -0.39 is 21.4 Å². The molecule has 1 N–H and O–H groups in total. The molecule has 1 amide bonds. The quantitative estimate of drug-likeness (QED) is 0.554. The standard InChI is InChI=1S/C23H26FN5O3S2/c24-23(6-7-23)21(30)26-22-25-20-13-16(15-2-1-3-15)12-18(29(20)27-22)19-5-4-17(33-19)14-28-8-10-34(31,32)11-9-28/h4-5,12-13,15H,1-3,6-11,14H2,(H,26,27,30). The zero-order valence-corrected chi connectivity index (χ0v) is 20.3. The number of nitrogens with zero attached hydrogens (tertiary/aromatic N) is 4. The van der Waals surface area contributed by atoms with E-state index in [9.17, 15) is 17.6 Å². The van der Waals surface area contributed by atoms with Gasteiger partial charge in [-0.15, -0.1) is 16.4 Å². The first kappa shape index (κ1) is 22.1. The predicted octanol–water partition coefficient (Wildman–Crippen LogP) is 3.40. The molecule has 0 unspecified atom stereocenters. The number of hydrogen-bond donors (Lipinski definition) is 1. The number of hydrogen-bond acceptors (Lipinski definition) is 7. The van der Waals surface area contributed by atoms with Crippen LogP contribution in [-0.2, 0) is 21.2 Å². The van der Waals surface area contributed by atoms with Crippen LogP contribution in [0.1, 0.15) is 48.5 Å². The molecule has 0 bridgehead atoms. The van der Waals surface area contributed by atoms with Gasteiger partial charge >= 0.3 is 0 Å². The fourth-order valence-electron chi connectivity index (χ4n) is 4.49. The maximum Gasteiger partial charge on any atom is 0.264 e. The summed E-state index contributed by atoms with van der Waals surface area (Å²) < 4.78 is 39.3. The first-order valence-corrected chi connectivity index (χ1v) is 14.3. The number of sulfone groups is 1. The number of carbonyl (C=O) groups excluding carboxylic acids is 1. The summed E-state index contributed by atoms with van der Waals surface area (Å²) in [6.45, 7) is 1.82. The van der Waals surface area contributed by atoms with E-state index in [2.05, 4.69) is 38.5 Å². The lowest BCUT2D eigenvalue weighted by atomic mass is 9.80. The molecule has 2 saturated carbocycles. The molecule has 2 aliphatic carbocycles. The van der Waals surface area contributed by atoms with Crippen LogP contribution in [0.4, 0.5) is 10.3 Å². The molecule has 8 nitrogen and oxygen atoms in total. The third-order valence-corrected chi connectivity index (χ3v) is 9.79. The van der Waals surface area contributed by atoms with Crippen molar-refractivity contribution in [3.8, 4) is 10.6 Å². The third kappa shape index (κ3) is 4.25. The second kappa shape index (κ2) is 8.10. The molecule has 34 heavy (non-hydrogen) atoms. The molecule has 3 aliphatic rings. The van der Waals surface area contributed by atoms with Crippen LogP contribution in [0.15, 0.2) is 24.3 Å². The first-order chi connectivity index (χ1) is 16.3. The monoisotopic (exact) mass is 503 g/mol. The molecule has 6 rings (SSSR count). The average molecular weight is 504 g/mol. The molecule has 180 valence electrons. The maximum atomic E-state index is 14.1. The molecule has 0 radical (unpaired) electrons. The zero-order chi connectivity index (χ0) is 23.5. The highest BCUT2D eigenvalue weighted by Crippen LogP contribution is 2.41. The summed E-state index contributed by atoms with van der Waals surface area (Å²) in [6, 6.07) is 8.30. The SMILES string of the molecule is O=C(Nc1nc2cc(C3CCC3)cc(-c3ccc(CN4CCS(=O)(=O)CC4)s3)n2n1)C1(F)CC1. The van der Waals surface area contributed by atoms with Gasteiger partial charge in [-0.1, -0.05) is 6.42 Å². The highest BCUT2D eigenvalue weighted by atomic mass is 32.2. The fourth-order valence-corrected chi connectivity index (χ4v) is 6.82. The Balaban J connectivity index is 1.30. The average Bonchev–Trinajstić information content (AvgIpc) is 3.16. The molecular weight excluding hydrogens is 477 g/mol. The molecule has 0 atom stereocenters. The minimum Gasteiger partial charge on any atom is -0.296 e. The van der Waals surface area contributed by atoms with E-state index in [1.807, 2.05) is 6.07 Å². The Hall–Kier alpha value is -2.37. The summed E-state index contributed by atoms with van der Waals surface area (Å²) in [5.74, 6) is 0.360. The highest BCUT2D eigenvalue weighted by molar-refractivity contribution is 7.91. The van der Waals surface area contributed by atoms with Crippen LogP contribution in [0.3, 0.4) is 0 Å². The van der Waals surface area contributed by atoms with Crippen molar-refractivity contribution in [1.29, 1.82) is 0 Å². The normalized spacial score (nSPS) is 21.9. The zero-order valence-electron chi connectivity index (χ0n) is 18.7. The highest BCUT2D eigenvalue weighted by Gasteiger charge is 2.51. The number of alkyl halides is 1. The summed E-state index contributed by atoms with van der Waals surface area (Å²) >= 11 is 1.65. The van der Waals surface area contributed by atoms with Crippen molar-refractivity contribution in [3.63, 3.8) is 0 Å². The number of anilines is 1. The van der Waals surface area contributed by atoms with Gasteiger partial charge in [0, 0.05) is 24.5 Å². The summed E-state index contributed by atoms with van der Waals surface area (Å²) in [5.41, 5.74) is 0.952. The topological polar surface area (TPSA) is 96.7 Å². The van der Waals surface area contributed by atoms with Gasteiger partial charge in [-0.3, -0.25) is 15.0 Å². The van der Waals surface area contributed by atoms with Crippen LogP contribution >= 0.6 is 11.3 Å². The minimum absolute atomic E-state index is 0.118. The largest absolute Gasteiger partial charge is 0.296 e. The molecule has 3 aromatic rings. The number of nitrogens with one attached hydrogen (secondary N) is 1. The lowest BCUT2D eigenvalue weighted by molar-refractivity contribution is -0.122. The Kier molecular flexibility index (Phi) is 5.27. The van der Waals surface area contributed by atoms with Crippen molar-refractivity contribution in [2.45, 2.75) is 50.2 Å². The fraction of sp³-hybridized carbons (Fsp3) is 0.522. The van der Waals surface area contributed by atoms with Crippen molar-refractivity contribution >= 4 is 38.7 Å². The van der Waals surface area contributed by atoms with Gasteiger partial charge in [0.15, 0.2) is 21.2 Å². The van der Waals surface area contributed by atoms with E-state index in [1.54, 1.807) is 15.9 Å². The molecule has 0 spiro atoms. The number of halogens is 1. The van der Waals surface area contributed by atoms with E-state index in [-0.39, 0.29) is 30.3 Å². The first-order valence-electron chi connectivity index (χ1n) is 11.7. The smallest absolute Gasteiger partial charge is 0.264 e. The third-order valence-electron chi connectivity index (χ3n) is 7.09. The number of rotatable bonds is 6. The summed E-state index contributed by atoms with van der Waals surface area (Å²) in [5, 5.41) is 7.04. The molecule has 3 aromatic heterocycles. The molecule has 1 saturated heterocycles. The van der Waals surface area contributed by atoms with Crippen molar-refractivity contribution in [2.75, 3.05) is 29.9 Å².